The van der Waals surface area contributed by atoms with Gasteiger partial charge in [0.2, 0.25) is 12.0 Å². The highest BCUT2D eigenvalue weighted by molar-refractivity contribution is 7.13. The minimum atomic E-state index is -1.33. The van der Waals surface area contributed by atoms with E-state index in [9.17, 15) is 9.90 Å². The van der Waals surface area contributed by atoms with E-state index < -0.39 is 12.1 Å². The smallest absolute Gasteiger partial charge is 0.345 e. The monoisotopic (exact) mass is 774 g/mol. The second-order valence-corrected chi connectivity index (χ2v) is 13.5. The summed E-state index contributed by atoms with van der Waals surface area (Å²) in [6.07, 6.45) is 2.03. The summed E-state index contributed by atoms with van der Waals surface area (Å²) >= 11 is 7.96. The SMILES string of the molecule is COc1cccc(-c2ncc3snc(OC(Cc4ccccc4OCc4ccnc(-c5ccccc5OC)n4)C(=O)O)c3c2-c2ccc(OC)c(Cl)c2C)c1. The summed E-state index contributed by atoms with van der Waals surface area (Å²) in [5.74, 6) is 1.81. The average Bonchev–Trinajstić information content (AvgIpc) is 3.63. The number of aliphatic carboxylic acids is 1. The largest absolute Gasteiger partial charge is 0.497 e. The van der Waals surface area contributed by atoms with Gasteiger partial charge in [-0.1, -0.05) is 60.1 Å². The van der Waals surface area contributed by atoms with E-state index in [1.54, 1.807) is 51.9 Å². The lowest BCUT2D eigenvalue weighted by Crippen LogP contribution is -2.29. The number of hydrogen-bond acceptors (Lipinski definition) is 11. The molecule has 55 heavy (non-hydrogen) atoms. The summed E-state index contributed by atoms with van der Waals surface area (Å²) in [4.78, 5) is 26.9. The molecule has 0 spiro atoms. The highest BCUT2D eigenvalue weighted by atomic mass is 35.5. The van der Waals surface area contributed by atoms with E-state index in [0.717, 1.165) is 22.3 Å². The van der Waals surface area contributed by atoms with Crippen LogP contribution in [0.5, 0.6) is 28.9 Å². The van der Waals surface area contributed by atoms with E-state index in [1.165, 1.54) is 11.5 Å². The van der Waals surface area contributed by atoms with Gasteiger partial charge in [0, 0.05) is 29.9 Å². The van der Waals surface area contributed by atoms with Crippen LogP contribution in [0.4, 0.5) is 0 Å². The first-order valence-electron chi connectivity index (χ1n) is 17.1. The number of methoxy groups -OCH3 is 3. The van der Waals surface area contributed by atoms with Crippen molar-refractivity contribution in [2.24, 2.45) is 0 Å². The molecule has 13 heteroatoms. The zero-order valence-electron chi connectivity index (χ0n) is 30.3. The van der Waals surface area contributed by atoms with Gasteiger partial charge in [0.15, 0.2) is 5.82 Å². The molecule has 3 heterocycles. The van der Waals surface area contributed by atoms with Crippen LogP contribution >= 0.6 is 23.1 Å². The molecule has 0 fully saturated rings. The molecule has 1 atom stereocenters. The van der Waals surface area contributed by atoms with Gasteiger partial charge in [-0.2, -0.15) is 4.37 Å². The van der Waals surface area contributed by atoms with Gasteiger partial charge in [0.25, 0.3) is 0 Å². The number of ether oxygens (including phenoxy) is 5. The van der Waals surface area contributed by atoms with Crippen molar-refractivity contribution in [3.63, 3.8) is 0 Å². The summed E-state index contributed by atoms with van der Waals surface area (Å²) in [6, 6.07) is 27.8. The average molecular weight is 775 g/mol. The number of carboxylic acids is 1. The van der Waals surface area contributed by atoms with Crippen LogP contribution in [-0.4, -0.2) is 57.8 Å². The number of benzene rings is 4. The molecule has 0 radical (unpaired) electrons. The van der Waals surface area contributed by atoms with Gasteiger partial charge in [0.1, 0.15) is 29.6 Å². The number of aromatic nitrogens is 4. The molecule has 7 aromatic rings. The van der Waals surface area contributed by atoms with E-state index in [4.69, 9.17) is 40.3 Å². The number of pyridine rings is 1. The molecule has 1 unspecified atom stereocenters. The molecule has 11 nitrogen and oxygen atoms in total. The summed E-state index contributed by atoms with van der Waals surface area (Å²) < 4.78 is 34.4. The molecule has 7 rings (SSSR count). The molecule has 0 amide bonds. The van der Waals surface area contributed by atoms with Crippen molar-refractivity contribution < 1.29 is 33.6 Å². The first-order chi connectivity index (χ1) is 26.8. The lowest BCUT2D eigenvalue weighted by Gasteiger charge is -2.19. The van der Waals surface area contributed by atoms with Crippen LogP contribution < -0.4 is 23.7 Å². The highest BCUT2D eigenvalue weighted by Gasteiger charge is 2.28. The number of rotatable bonds is 14. The topological polar surface area (TPSA) is 135 Å². The molecule has 0 saturated heterocycles. The van der Waals surface area contributed by atoms with E-state index >= 15 is 0 Å². The lowest BCUT2D eigenvalue weighted by molar-refractivity contribution is -0.145. The quantitative estimate of drug-likeness (QED) is 0.113. The number of fused-ring (bicyclic) bond motifs is 1. The van der Waals surface area contributed by atoms with Crippen molar-refractivity contribution in [1.82, 2.24) is 19.3 Å². The number of para-hydroxylation sites is 2. The molecule has 0 saturated carbocycles. The standard InChI is InChI=1S/C42H35ClN4O7S/c1-24-29(16-17-33(52-4)38(24)43)36-37-35(22-45-39(36)26-11-9-12-28(20-26)50-2)55-47-41(37)54-34(42(48)49)21-25-10-5-7-14-31(25)53-23-27-18-19-44-40(46-27)30-13-6-8-15-32(30)51-3/h5-20,22,34H,21,23H2,1-4H3,(H,48,49). The number of nitrogens with zero attached hydrogens (tertiary/aromatic N) is 4. The number of carbonyl (C=O) groups is 1. The van der Waals surface area contributed by atoms with Crippen molar-refractivity contribution in [3.05, 3.63) is 125 Å². The van der Waals surface area contributed by atoms with Crippen LogP contribution in [0.15, 0.2) is 103 Å². The maximum absolute atomic E-state index is 12.9. The van der Waals surface area contributed by atoms with Crippen molar-refractivity contribution >= 4 is 39.2 Å². The number of carboxylic acid groups (broad SMARTS) is 1. The zero-order valence-corrected chi connectivity index (χ0v) is 31.9. The molecule has 1 N–H and O–H groups in total. The Kier molecular flexibility index (Phi) is 11.1. The summed E-state index contributed by atoms with van der Waals surface area (Å²) in [5, 5.41) is 11.6. The molecule has 0 aliphatic heterocycles. The van der Waals surface area contributed by atoms with Gasteiger partial charge in [-0.05, 0) is 77.6 Å². The third-order valence-corrected chi connectivity index (χ3v) is 10.2. The molecular formula is C42H35ClN4O7S. The van der Waals surface area contributed by atoms with Crippen LogP contribution in [0.2, 0.25) is 5.02 Å². The van der Waals surface area contributed by atoms with E-state index in [2.05, 4.69) is 14.3 Å². The van der Waals surface area contributed by atoms with Crippen LogP contribution in [0.1, 0.15) is 16.8 Å². The van der Waals surface area contributed by atoms with E-state index in [0.29, 0.717) is 66.4 Å². The second kappa shape index (κ2) is 16.4. The van der Waals surface area contributed by atoms with Crippen molar-refractivity contribution in [1.29, 1.82) is 0 Å². The molecule has 3 aromatic heterocycles. The fraction of sp³-hybridized carbons (Fsp3) is 0.167. The van der Waals surface area contributed by atoms with Gasteiger partial charge in [-0.15, -0.1) is 0 Å². The predicted octanol–water partition coefficient (Wildman–Crippen LogP) is 9.12. The first kappa shape index (κ1) is 37.1. The number of hydrogen-bond donors (Lipinski definition) is 1. The van der Waals surface area contributed by atoms with Gasteiger partial charge < -0.3 is 28.8 Å². The fourth-order valence-electron chi connectivity index (χ4n) is 6.25. The maximum atomic E-state index is 12.9. The predicted molar refractivity (Wildman–Crippen MR) is 212 cm³/mol. The summed E-state index contributed by atoms with van der Waals surface area (Å²) in [5.41, 5.74) is 5.60. The summed E-state index contributed by atoms with van der Waals surface area (Å²) in [7, 11) is 4.76. The Morgan fingerprint density at radius 1 is 0.855 bits per heavy atom. The minimum absolute atomic E-state index is 0.0166. The molecule has 0 bridgehead atoms. The molecule has 0 aliphatic carbocycles. The van der Waals surface area contributed by atoms with Crippen LogP contribution in [0.3, 0.4) is 0 Å². The second-order valence-electron chi connectivity index (χ2n) is 12.3. The third-order valence-electron chi connectivity index (χ3n) is 9.01. The van der Waals surface area contributed by atoms with Gasteiger partial charge in [0.05, 0.1) is 53.4 Å². The molecule has 278 valence electrons. The van der Waals surface area contributed by atoms with Gasteiger partial charge in [-0.3, -0.25) is 4.98 Å². The fourth-order valence-corrected chi connectivity index (χ4v) is 7.18. The van der Waals surface area contributed by atoms with Gasteiger partial charge in [-0.25, -0.2) is 14.8 Å². The normalized spacial score (nSPS) is 11.6. The van der Waals surface area contributed by atoms with Crippen LogP contribution in [0.25, 0.3) is 43.9 Å². The lowest BCUT2D eigenvalue weighted by atomic mass is 9.93. The minimum Gasteiger partial charge on any atom is -0.497 e. The Hall–Kier alpha value is -6.24. The number of halogens is 1. The van der Waals surface area contributed by atoms with Crippen LogP contribution in [-0.2, 0) is 17.8 Å². The van der Waals surface area contributed by atoms with E-state index in [-0.39, 0.29) is 18.9 Å². The zero-order chi connectivity index (χ0) is 38.5. The Morgan fingerprint density at radius 2 is 1.64 bits per heavy atom. The maximum Gasteiger partial charge on any atom is 0.345 e. The molecular weight excluding hydrogens is 740 g/mol. The van der Waals surface area contributed by atoms with E-state index in [1.807, 2.05) is 79.7 Å². The van der Waals surface area contributed by atoms with Crippen molar-refractivity contribution in [2.75, 3.05) is 21.3 Å². The molecule has 0 aliphatic rings. The Morgan fingerprint density at radius 3 is 2.42 bits per heavy atom. The third kappa shape index (κ3) is 7.73. The van der Waals surface area contributed by atoms with Crippen LogP contribution in [0, 0.1) is 6.92 Å². The van der Waals surface area contributed by atoms with Gasteiger partial charge >= 0.3 is 5.97 Å². The Labute approximate surface area is 326 Å². The highest BCUT2D eigenvalue weighted by Crippen LogP contribution is 2.46. The van der Waals surface area contributed by atoms with Crippen molar-refractivity contribution in [2.45, 2.75) is 26.1 Å². The Balaban J connectivity index is 1.23. The first-order valence-corrected chi connectivity index (χ1v) is 18.3. The Bertz CT molecular complexity index is 2510. The molecule has 4 aromatic carbocycles. The van der Waals surface area contributed by atoms with Crippen molar-refractivity contribution in [3.8, 4) is 62.7 Å². The summed E-state index contributed by atoms with van der Waals surface area (Å²) in [6.45, 7) is 2.01.